The second-order valence-corrected chi connectivity index (χ2v) is 9.85. The first-order chi connectivity index (χ1) is 15.2. The fourth-order valence-corrected chi connectivity index (χ4v) is 4.65. The molecule has 2 nitrogen and oxygen atoms in total. The summed E-state index contributed by atoms with van der Waals surface area (Å²) in [5.41, 5.74) is 2.84. The quantitative estimate of drug-likeness (QED) is 0.164. The first-order valence-corrected chi connectivity index (χ1v) is 13.0. The van der Waals surface area contributed by atoms with Gasteiger partial charge in [0.05, 0.1) is 14.2 Å². The zero-order chi connectivity index (χ0) is 22.2. The summed E-state index contributed by atoms with van der Waals surface area (Å²) >= 11 is 3.89. The van der Waals surface area contributed by atoms with E-state index in [1.54, 1.807) is 14.2 Å². The molecular formula is C28H41BrO2. The molecule has 0 bridgehead atoms. The second-order valence-electron chi connectivity index (χ2n) is 8.55. The summed E-state index contributed by atoms with van der Waals surface area (Å²) in [6, 6.07) is 17.0. The minimum Gasteiger partial charge on any atom is -0.497 e. The van der Waals surface area contributed by atoms with Crippen molar-refractivity contribution in [2.75, 3.05) is 14.2 Å². The lowest BCUT2D eigenvalue weighted by molar-refractivity contribution is 0.414. The number of alkyl halides is 1. The maximum atomic E-state index is 5.22. The lowest BCUT2D eigenvalue weighted by atomic mass is 10.0. The second kappa shape index (κ2) is 16.2. The molecule has 0 aromatic heterocycles. The SMILES string of the molecule is COc1ccc(CCCCCCCCCC(Br)CCCCc2ccc(OC)cc2)cc1. The molecule has 1 atom stereocenters. The Hall–Kier alpha value is -1.48. The monoisotopic (exact) mass is 488 g/mol. The van der Waals surface area contributed by atoms with Crippen LogP contribution in [-0.4, -0.2) is 19.0 Å². The molecule has 3 heteroatoms. The number of ether oxygens (including phenoxy) is 2. The van der Waals surface area contributed by atoms with Crippen LogP contribution in [0.2, 0.25) is 0 Å². The summed E-state index contributed by atoms with van der Waals surface area (Å²) in [7, 11) is 3.44. The summed E-state index contributed by atoms with van der Waals surface area (Å²) in [5.74, 6) is 1.89. The van der Waals surface area contributed by atoms with Crippen LogP contribution in [0.1, 0.15) is 81.8 Å². The number of unbranched alkanes of at least 4 members (excludes halogenated alkanes) is 7. The molecule has 0 amide bonds. The van der Waals surface area contributed by atoms with Crippen LogP contribution in [0.25, 0.3) is 0 Å². The summed E-state index contributed by atoms with van der Waals surface area (Å²) < 4.78 is 10.4. The maximum absolute atomic E-state index is 5.22. The highest BCUT2D eigenvalue weighted by molar-refractivity contribution is 9.09. The van der Waals surface area contributed by atoms with Crippen LogP contribution in [0.4, 0.5) is 0 Å². The van der Waals surface area contributed by atoms with Crippen molar-refractivity contribution in [2.24, 2.45) is 0 Å². The van der Waals surface area contributed by atoms with Gasteiger partial charge in [0.25, 0.3) is 0 Å². The van der Waals surface area contributed by atoms with Crippen molar-refractivity contribution in [3.05, 3.63) is 59.7 Å². The number of hydrogen-bond acceptors (Lipinski definition) is 2. The number of halogens is 1. The summed E-state index contributed by atoms with van der Waals surface area (Å²) in [4.78, 5) is 0.688. The van der Waals surface area contributed by atoms with E-state index in [0.717, 1.165) is 11.5 Å². The van der Waals surface area contributed by atoms with Crippen molar-refractivity contribution < 1.29 is 9.47 Å². The standard InChI is InChI=1S/C28H41BrO2/c1-30-27-20-16-24(17-21-27)12-8-6-4-3-5-7-9-14-26(29)15-11-10-13-25-18-22-28(31-2)23-19-25/h16-23,26H,3-15H2,1-2H3. The molecular weight excluding hydrogens is 448 g/mol. The van der Waals surface area contributed by atoms with E-state index in [1.165, 1.54) is 94.6 Å². The number of benzene rings is 2. The molecule has 0 saturated carbocycles. The molecule has 172 valence electrons. The van der Waals surface area contributed by atoms with Crippen molar-refractivity contribution >= 4 is 15.9 Å². The van der Waals surface area contributed by atoms with Gasteiger partial charge in [0.1, 0.15) is 11.5 Å². The van der Waals surface area contributed by atoms with Gasteiger partial charge in [-0.05, 0) is 73.9 Å². The lowest BCUT2D eigenvalue weighted by Crippen LogP contribution is -1.98. The van der Waals surface area contributed by atoms with Gasteiger partial charge in [-0.3, -0.25) is 0 Å². The van der Waals surface area contributed by atoms with E-state index in [4.69, 9.17) is 9.47 Å². The van der Waals surface area contributed by atoms with Crippen LogP contribution < -0.4 is 9.47 Å². The van der Waals surface area contributed by atoms with Gasteiger partial charge in [-0.25, -0.2) is 0 Å². The van der Waals surface area contributed by atoms with E-state index in [2.05, 4.69) is 64.5 Å². The molecule has 2 aromatic carbocycles. The average molecular weight is 490 g/mol. The van der Waals surface area contributed by atoms with Crippen LogP contribution in [0, 0.1) is 0 Å². The van der Waals surface area contributed by atoms with Crippen molar-refractivity contribution in [2.45, 2.75) is 88.3 Å². The molecule has 0 heterocycles. The van der Waals surface area contributed by atoms with Crippen LogP contribution in [0.3, 0.4) is 0 Å². The molecule has 0 radical (unpaired) electrons. The van der Waals surface area contributed by atoms with Crippen LogP contribution in [0.5, 0.6) is 11.5 Å². The molecule has 0 aliphatic heterocycles. The highest BCUT2D eigenvalue weighted by Crippen LogP contribution is 2.20. The largest absolute Gasteiger partial charge is 0.497 e. The number of aryl methyl sites for hydroxylation is 2. The fourth-order valence-electron chi connectivity index (χ4n) is 4.00. The first kappa shape index (κ1) is 25.8. The Kier molecular flexibility index (Phi) is 13.5. The minimum absolute atomic E-state index is 0.688. The predicted molar refractivity (Wildman–Crippen MR) is 137 cm³/mol. The zero-order valence-corrected chi connectivity index (χ0v) is 21.2. The molecule has 0 saturated heterocycles. The topological polar surface area (TPSA) is 18.5 Å². The van der Waals surface area contributed by atoms with Crippen molar-refractivity contribution in [1.29, 1.82) is 0 Å². The van der Waals surface area contributed by atoms with Gasteiger partial charge in [0, 0.05) is 4.83 Å². The Labute approximate surface area is 198 Å². The first-order valence-electron chi connectivity index (χ1n) is 12.1. The minimum atomic E-state index is 0.688. The average Bonchev–Trinajstić information content (AvgIpc) is 2.81. The third-order valence-electron chi connectivity index (χ3n) is 6.03. The Balaban J connectivity index is 1.37. The van der Waals surface area contributed by atoms with Crippen molar-refractivity contribution in [3.8, 4) is 11.5 Å². The van der Waals surface area contributed by atoms with Gasteiger partial charge >= 0.3 is 0 Å². The van der Waals surface area contributed by atoms with E-state index < -0.39 is 0 Å². The predicted octanol–water partition coefficient (Wildman–Crippen LogP) is 8.54. The Morgan fingerprint density at radius 1 is 0.548 bits per heavy atom. The van der Waals surface area contributed by atoms with E-state index in [-0.39, 0.29) is 0 Å². The maximum Gasteiger partial charge on any atom is 0.118 e. The molecule has 1 unspecified atom stereocenters. The van der Waals surface area contributed by atoms with Crippen LogP contribution >= 0.6 is 15.9 Å². The van der Waals surface area contributed by atoms with E-state index in [1.807, 2.05) is 0 Å². The van der Waals surface area contributed by atoms with E-state index in [0.29, 0.717) is 4.83 Å². The van der Waals surface area contributed by atoms with E-state index >= 15 is 0 Å². The van der Waals surface area contributed by atoms with Crippen LogP contribution in [-0.2, 0) is 12.8 Å². The molecule has 31 heavy (non-hydrogen) atoms. The highest BCUT2D eigenvalue weighted by atomic mass is 79.9. The third-order valence-corrected chi connectivity index (χ3v) is 6.95. The summed E-state index contributed by atoms with van der Waals surface area (Å²) in [5, 5.41) is 0. The van der Waals surface area contributed by atoms with Crippen molar-refractivity contribution in [3.63, 3.8) is 0 Å². The van der Waals surface area contributed by atoms with E-state index in [9.17, 15) is 0 Å². The van der Waals surface area contributed by atoms with Gasteiger partial charge in [0.15, 0.2) is 0 Å². The Bertz CT molecular complexity index is 681. The van der Waals surface area contributed by atoms with Gasteiger partial charge < -0.3 is 9.47 Å². The van der Waals surface area contributed by atoms with Gasteiger partial charge in [0.2, 0.25) is 0 Å². The van der Waals surface area contributed by atoms with Crippen LogP contribution in [0.15, 0.2) is 48.5 Å². The number of methoxy groups -OCH3 is 2. The molecule has 0 aliphatic carbocycles. The van der Waals surface area contributed by atoms with Crippen molar-refractivity contribution in [1.82, 2.24) is 0 Å². The molecule has 2 aromatic rings. The summed E-state index contributed by atoms with van der Waals surface area (Å²) in [6.07, 6.45) is 17.1. The Morgan fingerprint density at radius 2 is 0.903 bits per heavy atom. The fraction of sp³-hybridized carbons (Fsp3) is 0.571. The zero-order valence-electron chi connectivity index (χ0n) is 19.6. The highest BCUT2D eigenvalue weighted by Gasteiger charge is 2.04. The lowest BCUT2D eigenvalue weighted by Gasteiger charge is -2.10. The molecule has 0 N–H and O–H groups in total. The van der Waals surface area contributed by atoms with Gasteiger partial charge in [-0.2, -0.15) is 0 Å². The molecule has 2 rings (SSSR count). The molecule has 0 spiro atoms. The number of hydrogen-bond donors (Lipinski definition) is 0. The van der Waals surface area contributed by atoms with Gasteiger partial charge in [-0.15, -0.1) is 0 Å². The molecule has 0 fully saturated rings. The third kappa shape index (κ3) is 11.6. The number of rotatable bonds is 17. The summed E-state index contributed by atoms with van der Waals surface area (Å²) in [6.45, 7) is 0. The Morgan fingerprint density at radius 3 is 1.35 bits per heavy atom. The smallest absolute Gasteiger partial charge is 0.118 e. The van der Waals surface area contributed by atoms with Gasteiger partial charge in [-0.1, -0.05) is 85.1 Å². The molecule has 0 aliphatic rings. The normalized spacial score (nSPS) is 12.0.